The zero-order valence-corrected chi connectivity index (χ0v) is 16.3. The molecule has 2 aromatic carbocycles. The van der Waals surface area contributed by atoms with Crippen molar-refractivity contribution in [3.63, 3.8) is 0 Å². The van der Waals surface area contributed by atoms with Gasteiger partial charge in [0.1, 0.15) is 5.65 Å². The smallest absolute Gasteiger partial charge is 0.262 e. The summed E-state index contributed by atoms with van der Waals surface area (Å²) in [6.45, 7) is 1.94. The minimum Gasteiger partial charge on any atom is -0.493 e. The molecule has 6 nitrogen and oxygen atoms in total. The molecule has 1 amide bonds. The molecule has 4 rings (SSSR count). The second-order valence-electron chi connectivity index (χ2n) is 6.66. The summed E-state index contributed by atoms with van der Waals surface area (Å²) in [4.78, 5) is 16.9. The van der Waals surface area contributed by atoms with Crippen molar-refractivity contribution in [2.75, 3.05) is 19.0 Å². The lowest BCUT2D eigenvalue weighted by atomic mass is 10.1. The molecule has 0 unspecified atom stereocenters. The average Bonchev–Trinajstić information content (AvgIpc) is 3.16. The molecule has 146 valence electrons. The van der Waals surface area contributed by atoms with E-state index in [9.17, 15) is 4.79 Å². The van der Waals surface area contributed by atoms with Crippen LogP contribution in [0.2, 0.25) is 0 Å². The number of methoxy groups -OCH3 is 1. The van der Waals surface area contributed by atoms with Crippen molar-refractivity contribution in [3.05, 3.63) is 78.6 Å². The number of benzene rings is 2. The number of fused-ring (bicyclic) bond motifs is 1. The fourth-order valence-corrected chi connectivity index (χ4v) is 3.03. The largest absolute Gasteiger partial charge is 0.493 e. The lowest BCUT2D eigenvalue weighted by Gasteiger charge is -2.10. The number of rotatable bonds is 6. The van der Waals surface area contributed by atoms with Gasteiger partial charge in [-0.05, 0) is 48.9 Å². The van der Waals surface area contributed by atoms with E-state index < -0.39 is 0 Å². The van der Waals surface area contributed by atoms with Crippen molar-refractivity contribution >= 4 is 17.2 Å². The van der Waals surface area contributed by atoms with Crippen LogP contribution in [0.25, 0.3) is 16.9 Å². The molecule has 0 spiro atoms. The van der Waals surface area contributed by atoms with Gasteiger partial charge in [-0.1, -0.05) is 24.3 Å². The number of amides is 1. The van der Waals surface area contributed by atoms with Crippen molar-refractivity contribution in [1.82, 2.24) is 9.38 Å². The number of aromatic nitrogens is 2. The van der Waals surface area contributed by atoms with Gasteiger partial charge in [0.25, 0.3) is 5.91 Å². The number of nitrogens with zero attached hydrogens (tertiary/aromatic N) is 2. The first-order valence-corrected chi connectivity index (χ1v) is 9.24. The fraction of sp³-hybridized carbons (Fsp3) is 0.130. The van der Waals surface area contributed by atoms with Crippen LogP contribution in [0.4, 0.5) is 5.69 Å². The van der Waals surface area contributed by atoms with Crippen molar-refractivity contribution in [3.8, 4) is 22.8 Å². The molecule has 0 fully saturated rings. The second-order valence-corrected chi connectivity index (χ2v) is 6.66. The summed E-state index contributed by atoms with van der Waals surface area (Å²) in [6.07, 6.45) is 3.99. The molecule has 2 heterocycles. The summed E-state index contributed by atoms with van der Waals surface area (Å²) < 4.78 is 12.8. The number of nitrogens with one attached hydrogen (secondary N) is 1. The van der Waals surface area contributed by atoms with E-state index in [-0.39, 0.29) is 12.5 Å². The van der Waals surface area contributed by atoms with E-state index in [0.717, 1.165) is 16.9 Å². The number of para-hydroxylation sites is 2. The summed E-state index contributed by atoms with van der Waals surface area (Å²) in [5, 5.41) is 2.83. The number of imidazole rings is 1. The highest BCUT2D eigenvalue weighted by atomic mass is 16.5. The van der Waals surface area contributed by atoms with Crippen molar-refractivity contribution in [1.29, 1.82) is 0 Å². The Morgan fingerprint density at radius 1 is 1.07 bits per heavy atom. The quantitative estimate of drug-likeness (QED) is 0.535. The summed E-state index contributed by atoms with van der Waals surface area (Å²) in [6, 6.07) is 18.9. The van der Waals surface area contributed by atoms with Crippen LogP contribution in [-0.2, 0) is 4.79 Å². The minimum absolute atomic E-state index is 0.103. The Kier molecular flexibility index (Phi) is 5.16. The van der Waals surface area contributed by atoms with E-state index in [4.69, 9.17) is 9.47 Å². The van der Waals surface area contributed by atoms with Crippen LogP contribution in [0.3, 0.4) is 0 Å². The van der Waals surface area contributed by atoms with Crippen molar-refractivity contribution in [2.45, 2.75) is 6.92 Å². The molecule has 4 aromatic rings. The molecule has 0 saturated heterocycles. The van der Waals surface area contributed by atoms with E-state index in [2.05, 4.69) is 10.3 Å². The molecule has 0 aliphatic carbocycles. The number of carbonyl (C=O) groups is 1. The third-order valence-electron chi connectivity index (χ3n) is 4.51. The molecule has 0 saturated carbocycles. The average molecular weight is 387 g/mol. The fourth-order valence-electron chi connectivity index (χ4n) is 3.03. The van der Waals surface area contributed by atoms with Gasteiger partial charge in [-0.15, -0.1) is 0 Å². The summed E-state index contributed by atoms with van der Waals surface area (Å²) in [5.41, 5.74) is 4.64. The molecular weight excluding hydrogens is 366 g/mol. The molecule has 1 N–H and O–H groups in total. The first kappa shape index (κ1) is 18.6. The second kappa shape index (κ2) is 8.06. The summed E-state index contributed by atoms with van der Waals surface area (Å²) in [7, 11) is 1.56. The van der Waals surface area contributed by atoms with Crippen LogP contribution in [0.5, 0.6) is 11.5 Å². The first-order valence-electron chi connectivity index (χ1n) is 9.24. The number of hydrogen-bond acceptors (Lipinski definition) is 4. The maximum absolute atomic E-state index is 12.2. The molecule has 29 heavy (non-hydrogen) atoms. The number of ether oxygens (including phenoxy) is 2. The number of hydrogen-bond donors (Lipinski definition) is 1. The van der Waals surface area contributed by atoms with Gasteiger partial charge in [0, 0.05) is 23.6 Å². The summed E-state index contributed by atoms with van der Waals surface area (Å²) >= 11 is 0. The van der Waals surface area contributed by atoms with E-state index in [1.165, 1.54) is 5.56 Å². The lowest BCUT2D eigenvalue weighted by molar-refractivity contribution is -0.118. The molecule has 0 aliphatic rings. The Balaban J connectivity index is 1.40. The van der Waals surface area contributed by atoms with Crippen LogP contribution in [0.15, 0.2) is 73.1 Å². The van der Waals surface area contributed by atoms with Crippen LogP contribution >= 0.6 is 0 Å². The predicted molar refractivity (Wildman–Crippen MR) is 112 cm³/mol. The number of anilines is 1. The van der Waals surface area contributed by atoms with Crippen LogP contribution in [-0.4, -0.2) is 29.0 Å². The van der Waals surface area contributed by atoms with Crippen LogP contribution in [0.1, 0.15) is 5.56 Å². The Hall–Kier alpha value is -3.80. The number of carbonyl (C=O) groups excluding carboxylic acids is 1. The van der Waals surface area contributed by atoms with Gasteiger partial charge in [0.05, 0.1) is 12.8 Å². The third-order valence-corrected chi connectivity index (χ3v) is 4.51. The van der Waals surface area contributed by atoms with E-state index in [0.29, 0.717) is 17.2 Å². The van der Waals surface area contributed by atoms with Crippen molar-refractivity contribution < 1.29 is 14.3 Å². The van der Waals surface area contributed by atoms with Gasteiger partial charge >= 0.3 is 0 Å². The summed E-state index contributed by atoms with van der Waals surface area (Å²) in [5.74, 6) is 0.877. The molecule has 0 atom stereocenters. The minimum atomic E-state index is -0.244. The molecule has 0 bridgehead atoms. The van der Waals surface area contributed by atoms with E-state index in [1.807, 2.05) is 72.2 Å². The third kappa shape index (κ3) is 4.21. The predicted octanol–water partition coefficient (Wildman–Crippen LogP) is 4.34. The van der Waals surface area contributed by atoms with Gasteiger partial charge in [0.15, 0.2) is 18.1 Å². The highest BCUT2D eigenvalue weighted by molar-refractivity contribution is 5.92. The first-order chi connectivity index (χ1) is 14.1. The Bertz CT molecular complexity index is 1150. The Labute approximate surface area is 168 Å². The zero-order valence-electron chi connectivity index (χ0n) is 16.3. The highest BCUT2D eigenvalue weighted by Crippen LogP contribution is 2.26. The normalized spacial score (nSPS) is 10.7. The number of pyridine rings is 1. The van der Waals surface area contributed by atoms with Gasteiger partial charge < -0.3 is 19.2 Å². The van der Waals surface area contributed by atoms with E-state index in [1.54, 1.807) is 19.2 Å². The van der Waals surface area contributed by atoms with Crippen LogP contribution < -0.4 is 14.8 Å². The van der Waals surface area contributed by atoms with Crippen LogP contribution in [0, 0.1) is 6.92 Å². The molecule has 0 radical (unpaired) electrons. The lowest BCUT2D eigenvalue weighted by Crippen LogP contribution is -2.20. The SMILES string of the molecule is COc1ccccc1OCC(=O)Nc1ccc(-c2cn3ccc(C)cc3n2)cc1. The molecule has 2 aromatic heterocycles. The molecular formula is C23H21N3O3. The maximum atomic E-state index is 12.2. The monoisotopic (exact) mass is 387 g/mol. The molecule has 6 heteroatoms. The van der Waals surface area contributed by atoms with Gasteiger partial charge in [-0.25, -0.2) is 4.98 Å². The standard InChI is InChI=1S/C23H21N3O3/c1-16-11-12-26-14-19(25-22(26)13-16)17-7-9-18(10-8-17)24-23(27)15-29-21-6-4-3-5-20(21)28-2/h3-14H,15H2,1-2H3,(H,24,27). The Morgan fingerprint density at radius 3 is 2.59 bits per heavy atom. The molecule has 0 aliphatic heterocycles. The van der Waals surface area contributed by atoms with Gasteiger partial charge in [0.2, 0.25) is 0 Å². The van der Waals surface area contributed by atoms with E-state index >= 15 is 0 Å². The highest BCUT2D eigenvalue weighted by Gasteiger charge is 2.09. The maximum Gasteiger partial charge on any atom is 0.262 e. The Morgan fingerprint density at radius 2 is 1.83 bits per heavy atom. The van der Waals surface area contributed by atoms with Gasteiger partial charge in [-0.2, -0.15) is 0 Å². The topological polar surface area (TPSA) is 64.9 Å². The van der Waals surface area contributed by atoms with Crippen molar-refractivity contribution in [2.24, 2.45) is 0 Å². The zero-order chi connectivity index (χ0) is 20.2. The van der Waals surface area contributed by atoms with Gasteiger partial charge in [-0.3, -0.25) is 4.79 Å². The number of aryl methyl sites for hydroxylation is 1.